The third-order valence-corrected chi connectivity index (χ3v) is 4.17. The van der Waals surface area contributed by atoms with Crippen LogP contribution in [0.5, 0.6) is 0 Å². The van der Waals surface area contributed by atoms with Crippen LogP contribution in [0.3, 0.4) is 0 Å². The zero-order valence-electron chi connectivity index (χ0n) is 12.8. The molecule has 0 unspecified atom stereocenters. The molecule has 114 valence electrons. The quantitative estimate of drug-likeness (QED) is 0.787. The molecule has 1 aliphatic carbocycles. The van der Waals surface area contributed by atoms with Gasteiger partial charge in [-0.3, -0.25) is 15.6 Å². The summed E-state index contributed by atoms with van der Waals surface area (Å²) in [5.41, 5.74) is 12.1. The van der Waals surface area contributed by atoms with E-state index in [0.29, 0.717) is 0 Å². The minimum atomic E-state index is -0.0606. The van der Waals surface area contributed by atoms with E-state index in [-0.39, 0.29) is 5.91 Å². The molecule has 3 N–H and O–H groups in total. The maximum absolute atomic E-state index is 11.1. The van der Waals surface area contributed by atoms with Crippen LogP contribution in [0, 0.1) is 0 Å². The molecular weight excluding hydrogens is 286 g/mol. The van der Waals surface area contributed by atoms with Gasteiger partial charge in [-0.05, 0) is 29.3 Å². The molecule has 23 heavy (non-hydrogen) atoms. The number of carbonyl (C=O) groups is 1. The SMILES string of the molecule is CC(=O)Nc1ccc(C2=C3CC=c4ccccc4=C3NN2)cc1. The molecule has 1 aliphatic heterocycles. The second-order valence-corrected chi connectivity index (χ2v) is 5.73. The van der Waals surface area contributed by atoms with Gasteiger partial charge in [0.25, 0.3) is 0 Å². The molecule has 0 spiro atoms. The van der Waals surface area contributed by atoms with Crippen LogP contribution in [0.15, 0.2) is 54.1 Å². The first-order valence-electron chi connectivity index (χ1n) is 7.65. The molecule has 0 bridgehead atoms. The Kier molecular flexibility index (Phi) is 3.15. The Bertz CT molecular complexity index is 939. The van der Waals surface area contributed by atoms with E-state index >= 15 is 0 Å². The molecule has 0 aromatic heterocycles. The van der Waals surface area contributed by atoms with E-state index in [0.717, 1.165) is 29.1 Å². The average molecular weight is 303 g/mol. The number of fused-ring (bicyclic) bond motifs is 2. The second-order valence-electron chi connectivity index (χ2n) is 5.73. The Morgan fingerprint density at radius 3 is 2.52 bits per heavy atom. The topological polar surface area (TPSA) is 53.2 Å². The predicted octanol–water partition coefficient (Wildman–Crippen LogP) is 1.46. The molecule has 4 rings (SSSR count). The number of rotatable bonds is 2. The number of hydrogen-bond donors (Lipinski definition) is 3. The maximum Gasteiger partial charge on any atom is 0.221 e. The van der Waals surface area contributed by atoms with E-state index in [1.165, 1.54) is 22.9 Å². The smallest absolute Gasteiger partial charge is 0.221 e. The number of hydrazine groups is 1. The lowest BCUT2D eigenvalue weighted by atomic mass is 9.96. The van der Waals surface area contributed by atoms with Crippen molar-refractivity contribution in [1.82, 2.24) is 10.9 Å². The lowest BCUT2D eigenvalue weighted by molar-refractivity contribution is -0.114. The lowest BCUT2D eigenvalue weighted by Gasteiger charge is -2.09. The second kappa shape index (κ2) is 5.32. The predicted molar refractivity (Wildman–Crippen MR) is 92.1 cm³/mol. The van der Waals surface area contributed by atoms with Crippen LogP contribution in [-0.4, -0.2) is 5.91 Å². The molecule has 2 aromatic carbocycles. The summed E-state index contributed by atoms with van der Waals surface area (Å²) in [7, 11) is 0. The van der Waals surface area contributed by atoms with Gasteiger partial charge in [-0.2, -0.15) is 0 Å². The maximum atomic E-state index is 11.1. The number of carbonyl (C=O) groups excluding carboxylic acids is 1. The summed E-state index contributed by atoms with van der Waals surface area (Å²) < 4.78 is 0. The van der Waals surface area contributed by atoms with Crippen LogP contribution >= 0.6 is 0 Å². The van der Waals surface area contributed by atoms with Crippen LogP contribution in [0.4, 0.5) is 5.69 Å². The van der Waals surface area contributed by atoms with Crippen molar-refractivity contribution < 1.29 is 4.79 Å². The summed E-state index contributed by atoms with van der Waals surface area (Å²) in [6, 6.07) is 16.3. The van der Waals surface area contributed by atoms with Crippen LogP contribution in [-0.2, 0) is 4.79 Å². The highest BCUT2D eigenvalue weighted by Gasteiger charge is 2.22. The lowest BCUT2D eigenvalue weighted by Crippen LogP contribution is -2.34. The number of nitrogens with one attached hydrogen (secondary N) is 3. The normalized spacial score (nSPS) is 15.1. The monoisotopic (exact) mass is 303 g/mol. The first kappa shape index (κ1) is 13.6. The Morgan fingerprint density at radius 1 is 1.00 bits per heavy atom. The average Bonchev–Trinajstić information content (AvgIpc) is 2.99. The van der Waals surface area contributed by atoms with Crippen molar-refractivity contribution >= 4 is 29.1 Å². The molecule has 0 atom stereocenters. The Morgan fingerprint density at radius 2 is 1.74 bits per heavy atom. The molecule has 4 nitrogen and oxygen atoms in total. The van der Waals surface area contributed by atoms with Crippen molar-refractivity contribution in [2.45, 2.75) is 13.3 Å². The summed E-state index contributed by atoms with van der Waals surface area (Å²) in [6.45, 7) is 1.51. The number of hydrogen-bond acceptors (Lipinski definition) is 3. The molecule has 2 aliphatic rings. The molecular formula is C19H17N3O. The van der Waals surface area contributed by atoms with E-state index in [1.807, 2.05) is 24.3 Å². The van der Waals surface area contributed by atoms with Crippen molar-refractivity contribution in [3.8, 4) is 0 Å². The van der Waals surface area contributed by atoms with Crippen molar-refractivity contribution in [3.63, 3.8) is 0 Å². The standard InChI is InChI=1S/C19H17N3O/c1-12(23)20-15-9-6-14(7-10-15)18-17-11-8-13-4-2-3-5-16(13)19(17)22-21-18/h2-10,21-22H,11H2,1H3,(H,20,23). The van der Waals surface area contributed by atoms with Gasteiger partial charge in [0, 0.05) is 23.4 Å². The Balaban J connectivity index is 1.76. The molecule has 0 radical (unpaired) electrons. The van der Waals surface area contributed by atoms with E-state index in [4.69, 9.17) is 0 Å². The number of anilines is 1. The summed E-state index contributed by atoms with van der Waals surface area (Å²) in [5.74, 6) is -0.0606. The third kappa shape index (κ3) is 2.38. The zero-order chi connectivity index (χ0) is 15.8. The Labute approximate surface area is 134 Å². The third-order valence-electron chi connectivity index (χ3n) is 4.17. The van der Waals surface area contributed by atoms with Gasteiger partial charge in [0.1, 0.15) is 0 Å². The first-order chi connectivity index (χ1) is 11.2. The van der Waals surface area contributed by atoms with Crippen LogP contribution < -0.4 is 26.6 Å². The van der Waals surface area contributed by atoms with E-state index in [2.05, 4.69) is 46.5 Å². The van der Waals surface area contributed by atoms with Gasteiger partial charge in [0.15, 0.2) is 0 Å². The number of amides is 1. The van der Waals surface area contributed by atoms with Crippen LogP contribution in [0.2, 0.25) is 0 Å². The molecule has 2 aromatic rings. The summed E-state index contributed by atoms with van der Waals surface area (Å²) in [4.78, 5) is 11.1. The molecule has 1 amide bonds. The minimum absolute atomic E-state index is 0.0606. The molecule has 0 fully saturated rings. The van der Waals surface area contributed by atoms with Gasteiger partial charge >= 0.3 is 0 Å². The van der Waals surface area contributed by atoms with Gasteiger partial charge < -0.3 is 5.32 Å². The van der Waals surface area contributed by atoms with Gasteiger partial charge in [-0.1, -0.05) is 42.5 Å². The van der Waals surface area contributed by atoms with Crippen molar-refractivity contribution in [2.24, 2.45) is 0 Å². The molecule has 4 heteroatoms. The molecule has 0 saturated heterocycles. The largest absolute Gasteiger partial charge is 0.326 e. The fraction of sp³-hybridized carbons (Fsp3) is 0.105. The fourth-order valence-corrected chi connectivity index (χ4v) is 3.12. The highest BCUT2D eigenvalue weighted by atomic mass is 16.1. The fourth-order valence-electron chi connectivity index (χ4n) is 3.12. The Hall–Kier alpha value is -3.01. The van der Waals surface area contributed by atoms with Crippen LogP contribution in [0.25, 0.3) is 17.5 Å². The summed E-state index contributed by atoms with van der Waals surface area (Å²) >= 11 is 0. The van der Waals surface area contributed by atoms with E-state index in [9.17, 15) is 4.79 Å². The highest BCUT2D eigenvalue weighted by Crippen LogP contribution is 2.29. The van der Waals surface area contributed by atoms with Crippen molar-refractivity contribution in [1.29, 1.82) is 0 Å². The van der Waals surface area contributed by atoms with Gasteiger partial charge in [-0.25, -0.2) is 0 Å². The van der Waals surface area contributed by atoms with Gasteiger partial charge in [0.2, 0.25) is 5.91 Å². The summed E-state index contributed by atoms with van der Waals surface area (Å²) in [5, 5.41) is 5.28. The van der Waals surface area contributed by atoms with E-state index < -0.39 is 0 Å². The highest BCUT2D eigenvalue weighted by molar-refractivity contribution is 5.90. The minimum Gasteiger partial charge on any atom is -0.326 e. The van der Waals surface area contributed by atoms with Crippen molar-refractivity contribution in [2.75, 3.05) is 5.32 Å². The first-order valence-corrected chi connectivity index (χ1v) is 7.65. The van der Waals surface area contributed by atoms with Crippen LogP contribution in [0.1, 0.15) is 18.9 Å². The van der Waals surface area contributed by atoms with E-state index in [1.54, 1.807) is 0 Å². The zero-order valence-corrected chi connectivity index (χ0v) is 12.8. The van der Waals surface area contributed by atoms with Gasteiger partial charge in [-0.15, -0.1) is 0 Å². The summed E-state index contributed by atoms with van der Waals surface area (Å²) in [6.07, 6.45) is 3.16. The number of benzene rings is 2. The molecule has 1 heterocycles. The molecule has 0 saturated carbocycles. The van der Waals surface area contributed by atoms with Gasteiger partial charge in [0.05, 0.1) is 11.4 Å². The van der Waals surface area contributed by atoms with Crippen molar-refractivity contribution in [3.05, 3.63) is 70.1 Å².